The van der Waals surface area contributed by atoms with Crippen LogP contribution >= 0.6 is 0 Å². The second kappa shape index (κ2) is 7.93. The SMILES string of the molecule is C=COc1ccc(-n2c(=O)[nH]n(-c3cc(C[C@H](C)C(N)=O)ccc3O)c2=O)cc1. The van der Waals surface area contributed by atoms with Crippen molar-refractivity contribution in [2.45, 2.75) is 13.3 Å². The third-order valence-corrected chi connectivity index (χ3v) is 4.42. The number of carbonyl (C=O) groups excluding carboxylic acids is 1. The highest BCUT2D eigenvalue weighted by Crippen LogP contribution is 2.23. The predicted octanol–water partition coefficient (Wildman–Crippen LogP) is 1.21. The summed E-state index contributed by atoms with van der Waals surface area (Å²) < 4.78 is 7.00. The minimum Gasteiger partial charge on any atom is -0.506 e. The zero-order valence-electron chi connectivity index (χ0n) is 15.7. The first-order chi connectivity index (χ1) is 13.8. The molecule has 29 heavy (non-hydrogen) atoms. The Labute approximate surface area is 165 Å². The molecule has 9 nitrogen and oxygen atoms in total. The topological polar surface area (TPSA) is 132 Å². The van der Waals surface area contributed by atoms with Crippen LogP contribution in [0, 0.1) is 5.92 Å². The number of benzene rings is 2. The van der Waals surface area contributed by atoms with Gasteiger partial charge in [-0.2, -0.15) is 4.68 Å². The van der Waals surface area contributed by atoms with E-state index in [1.807, 2.05) is 0 Å². The second-order valence-corrected chi connectivity index (χ2v) is 6.48. The molecule has 9 heteroatoms. The number of ether oxygens (including phenoxy) is 1. The number of phenolic OH excluding ortho intramolecular Hbond substituents is 1. The van der Waals surface area contributed by atoms with Crippen LogP contribution in [0.5, 0.6) is 11.5 Å². The van der Waals surface area contributed by atoms with Gasteiger partial charge < -0.3 is 15.6 Å². The standard InChI is InChI=1S/C20H20N4O5/c1-3-29-15-7-5-14(6-8-15)23-19(27)22-24(20(23)28)16-11-13(4-9-17(16)25)10-12(2)18(21)26/h3-9,11-12,25H,1,10H2,2H3,(H2,21,26)(H,22,27)/t12-/m0/s1. The number of amides is 1. The molecule has 0 saturated carbocycles. The summed E-state index contributed by atoms with van der Waals surface area (Å²) in [7, 11) is 0. The number of nitrogens with two attached hydrogens (primary N) is 1. The van der Waals surface area contributed by atoms with Crippen molar-refractivity contribution >= 4 is 5.91 Å². The highest BCUT2D eigenvalue weighted by atomic mass is 16.5. The molecule has 2 aromatic carbocycles. The fraction of sp³-hybridized carbons (Fsp3) is 0.150. The molecule has 0 spiro atoms. The van der Waals surface area contributed by atoms with Crippen LogP contribution in [-0.4, -0.2) is 25.4 Å². The van der Waals surface area contributed by atoms with E-state index in [0.29, 0.717) is 23.4 Å². The van der Waals surface area contributed by atoms with Gasteiger partial charge in [0.05, 0.1) is 11.9 Å². The molecule has 1 amide bonds. The van der Waals surface area contributed by atoms with Gasteiger partial charge in [0, 0.05) is 5.92 Å². The minimum atomic E-state index is -0.692. The average molecular weight is 396 g/mol. The van der Waals surface area contributed by atoms with Crippen molar-refractivity contribution < 1.29 is 14.6 Å². The molecule has 1 aromatic heterocycles. The number of hydrogen-bond donors (Lipinski definition) is 3. The van der Waals surface area contributed by atoms with E-state index in [9.17, 15) is 19.5 Å². The normalized spacial score (nSPS) is 11.8. The summed E-state index contributed by atoms with van der Waals surface area (Å²) in [6.07, 6.45) is 1.59. The van der Waals surface area contributed by atoms with Gasteiger partial charge in [-0.1, -0.05) is 19.6 Å². The molecular formula is C20H20N4O5. The number of nitrogens with zero attached hydrogens (tertiary/aromatic N) is 2. The highest BCUT2D eigenvalue weighted by molar-refractivity contribution is 5.76. The van der Waals surface area contributed by atoms with E-state index in [1.54, 1.807) is 37.3 Å². The van der Waals surface area contributed by atoms with E-state index in [-0.39, 0.29) is 11.4 Å². The van der Waals surface area contributed by atoms with Gasteiger partial charge in [-0.3, -0.25) is 4.79 Å². The molecule has 0 saturated heterocycles. The number of hydrogen-bond acceptors (Lipinski definition) is 5. The molecule has 3 aromatic rings. The van der Waals surface area contributed by atoms with Crippen LogP contribution in [0.2, 0.25) is 0 Å². The molecule has 150 valence electrons. The first-order valence-corrected chi connectivity index (χ1v) is 8.75. The Morgan fingerprint density at radius 1 is 1.28 bits per heavy atom. The summed E-state index contributed by atoms with van der Waals surface area (Å²) in [5.74, 6) is -0.587. The average Bonchev–Trinajstić information content (AvgIpc) is 2.98. The number of carbonyl (C=O) groups is 1. The van der Waals surface area contributed by atoms with Crippen molar-refractivity contribution in [3.8, 4) is 22.9 Å². The molecule has 3 rings (SSSR count). The predicted molar refractivity (Wildman–Crippen MR) is 107 cm³/mol. The lowest BCUT2D eigenvalue weighted by Gasteiger charge is -2.10. The van der Waals surface area contributed by atoms with E-state index in [0.717, 1.165) is 9.25 Å². The van der Waals surface area contributed by atoms with Gasteiger partial charge >= 0.3 is 11.4 Å². The van der Waals surface area contributed by atoms with Crippen molar-refractivity contribution in [1.82, 2.24) is 14.3 Å². The third-order valence-electron chi connectivity index (χ3n) is 4.42. The van der Waals surface area contributed by atoms with E-state index >= 15 is 0 Å². The Kier molecular flexibility index (Phi) is 5.40. The van der Waals surface area contributed by atoms with Crippen LogP contribution in [-0.2, 0) is 11.2 Å². The van der Waals surface area contributed by atoms with Gasteiger partial charge in [-0.05, 0) is 48.4 Å². The Bertz CT molecular complexity index is 1170. The van der Waals surface area contributed by atoms with Crippen LogP contribution in [0.1, 0.15) is 12.5 Å². The van der Waals surface area contributed by atoms with Gasteiger partial charge in [-0.15, -0.1) is 0 Å². The van der Waals surface area contributed by atoms with Gasteiger partial charge in [-0.25, -0.2) is 19.3 Å². The maximum Gasteiger partial charge on any atom is 0.356 e. The Balaban J connectivity index is 2.04. The van der Waals surface area contributed by atoms with E-state index in [4.69, 9.17) is 10.5 Å². The smallest absolute Gasteiger partial charge is 0.356 e. The summed E-state index contributed by atoms with van der Waals surface area (Å²) >= 11 is 0. The third kappa shape index (κ3) is 3.98. The Hall–Kier alpha value is -4.01. The van der Waals surface area contributed by atoms with Gasteiger partial charge in [0.15, 0.2) is 0 Å². The molecule has 0 fully saturated rings. The lowest BCUT2D eigenvalue weighted by atomic mass is 10.00. The first kappa shape index (κ1) is 19.7. The zero-order chi connectivity index (χ0) is 21.1. The lowest BCUT2D eigenvalue weighted by Crippen LogP contribution is -2.26. The van der Waals surface area contributed by atoms with E-state index < -0.39 is 23.2 Å². The number of phenols is 1. The Morgan fingerprint density at radius 3 is 2.59 bits per heavy atom. The molecule has 0 aliphatic rings. The molecule has 0 aliphatic heterocycles. The number of aromatic amines is 1. The zero-order valence-corrected chi connectivity index (χ0v) is 15.7. The largest absolute Gasteiger partial charge is 0.506 e. The summed E-state index contributed by atoms with van der Waals surface area (Å²) in [4.78, 5) is 36.6. The molecule has 1 atom stereocenters. The van der Waals surface area contributed by atoms with Gasteiger partial charge in [0.2, 0.25) is 5.91 Å². The second-order valence-electron chi connectivity index (χ2n) is 6.48. The number of primary amides is 1. The van der Waals surface area contributed by atoms with Gasteiger partial charge in [0.1, 0.15) is 17.2 Å². The number of aromatic nitrogens is 3. The highest BCUT2D eigenvalue weighted by Gasteiger charge is 2.17. The molecule has 0 aliphatic carbocycles. The van der Waals surface area contributed by atoms with Crippen LogP contribution in [0.15, 0.2) is 64.9 Å². The number of rotatable bonds is 7. The van der Waals surface area contributed by atoms with Crippen molar-refractivity contribution in [2.24, 2.45) is 11.7 Å². The van der Waals surface area contributed by atoms with Crippen molar-refractivity contribution in [2.75, 3.05) is 0 Å². The number of H-pyrrole nitrogens is 1. The van der Waals surface area contributed by atoms with Crippen LogP contribution in [0.4, 0.5) is 0 Å². The van der Waals surface area contributed by atoms with Crippen molar-refractivity contribution in [1.29, 1.82) is 0 Å². The molecule has 0 unspecified atom stereocenters. The van der Waals surface area contributed by atoms with Gasteiger partial charge in [0.25, 0.3) is 0 Å². The monoisotopic (exact) mass is 396 g/mol. The van der Waals surface area contributed by atoms with Crippen LogP contribution in [0.25, 0.3) is 11.4 Å². The summed E-state index contributed by atoms with van der Waals surface area (Å²) in [6, 6.07) is 10.8. The molecule has 0 bridgehead atoms. The summed E-state index contributed by atoms with van der Waals surface area (Å²) in [6.45, 7) is 5.14. The van der Waals surface area contributed by atoms with Crippen LogP contribution in [0.3, 0.4) is 0 Å². The van der Waals surface area contributed by atoms with E-state index in [1.165, 1.54) is 18.4 Å². The molecular weight excluding hydrogens is 376 g/mol. The molecule has 4 N–H and O–H groups in total. The fourth-order valence-electron chi connectivity index (χ4n) is 2.87. The minimum absolute atomic E-state index is 0.0895. The number of nitrogens with one attached hydrogen (secondary N) is 1. The van der Waals surface area contributed by atoms with E-state index in [2.05, 4.69) is 11.7 Å². The van der Waals surface area contributed by atoms with Crippen LogP contribution < -0.4 is 21.9 Å². The lowest BCUT2D eigenvalue weighted by molar-refractivity contribution is -0.121. The maximum absolute atomic E-state index is 12.9. The Morgan fingerprint density at radius 2 is 1.97 bits per heavy atom. The van der Waals surface area contributed by atoms with Crippen molar-refractivity contribution in [3.05, 3.63) is 81.8 Å². The maximum atomic E-state index is 12.9. The summed E-state index contributed by atoms with van der Waals surface area (Å²) in [5, 5.41) is 12.6. The molecule has 1 heterocycles. The first-order valence-electron chi connectivity index (χ1n) is 8.75. The fourth-order valence-corrected chi connectivity index (χ4v) is 2.87. The molecule has 0 radical (unpaired) electrons. The summed E-state index contributed by atoms with van der Waals surface area (Å²) in [5.41, 5.74) is 5.01. The van der Waals surface area contributed by atoms with Crippen molar-refractivity contribution in [3.63, 3.8) is 0 Å². The number of aromatic hydroxyl groups is 1. The quantitative estimate of drug-likeness (QED) is 0.516.